The Balaban J connectivity index is 1.94. The first kappa shape index (κ1) is 16.5. The van der Waals surface area contributed by atoms with Crippen LogP contribution in [0.25, 0.3) is 0 Å². The Labute approximate surface area is 129 Å². The number of ether oxygens (including phenoxy) is 1. The highest BCUT2D eigenvalue weighted by atomic mass is 16.5. The third-order valence-corrected chi connectivity index (χ3v) is 4.35. The molecular weight excluding hydrogens is 260 g/mol. The summed E-state index contributed by atoms with van der Waals surface area (Å²) in [5.41, 5.74) is 4.12. The van der Waals surface area contributed by atoms with E-state index in [1.807, 2.05) is 0 Å². The van der Waals surface area contributed by atoms with Crippen LogP contribution in [0, 0.1) is 13.8 Å². The fraction of sp³-hybridized carbons (Fsp3) is 0.667. The summed E-state index contributed by atoms with van der Waals surface area (Å²) in [6.45, 7) is 7.40. The number of nitrogens with zero attached hydrogens (tertiary/aromatic N) is 1. The summed E-state index contributed by atoms with van der Waals surface area (Å²) < 4.78 is 5.24. The van der Waals surface area contributed by atoms with Crippen LogP contribution in [-0.4, -0.2) is 44.8 Å². The highest BCUT2D eigenvalue weighted by Gasteiger charge is 2.28. The van der Waals surface area contributed by atoms with E-state index in [0.717, 1.165) is 32.2 Å². The summed E-state index contributed by atoms with van der Waals surface area (Å²) in [6, 6.07) is 8.10. The topological polar surface area (TPSA) is 24.5 Å². The van der Waals surface area contributed by atoms with Crippen molar-refractivity contribution in [1.82, 2.24) is 10.2 Å². The quantitative estimate of drug-likeness (QED) is 0.756. The van der Waals surface area contributed by atoms with E-state index < -0.39 is 0 Å². The average Bonchev–Trinajstić information content (AvgIpc) is 3.26. The molecule has 3 nitrogen and oxygen atoms in total. The van der Waals surface area contributed by atoms with Crippen LogP contribution in [0.15, 0.2) is 18.2 Å². The van der Waals surface area contributed by atoms with Gasteiger partial charge in [0.15, 0.2) is 0 Å². The first-order valence-electron chi connectivity index (χ1n) is 8.12. The van der Waals surface area contributed by atoms with E-state index in [9.17, 15) is 0 Å². The van der Waals surface area contributed by atoms with Crippen LogP contribution >= 0.6 is 0 Å². The molecule has 118 valence electrons. The van der Waals surface area contributed by atoms with Crippen LogP contribution in [-0.2, 0) is 4.74 Å². The summed E-state index contributed by atoms with van der Waals surface area (Å²) in [4.78, 5) is 2.59. The van der Waals surface area contributed by atoms with E-state index in [2.05, 4.69) is 49.3 Å². The second-order valence-electron chi connectivity index (χ2n) is 6.31. The van der Waals surface area contributed by atoms with Crippen molar-refractivity contribution < 1.29 is 4.74 Å². The molecule has 1 saturated carbocycles. The van der Waals surface area contributed by atoms with Crippen LogP contribution in [0.4, 0.5) is 0 Å². The van der Waals surface area contributed by atoms with E-state index in [4.69, 9.17) is 4.74 Å². The zero-order chi connectivity index (χ0) is 15.2. The molecule has 1 atom stereocenters. The number of methoxy groups -OCH3 is 1. The molecule has 1 aliphatic carbocycles. The maximum absolute atomic E-state index is 5.24. The molecule has 0 bridgehead atoms. The van der Waals surface area contributed by atoms with Crippen molar-refractivity contribution >= 4 is 0 Å². The molecule has 0 radical (unpaired) electrons. The Morgan fingerprint density at radius 3 is 2.38 bits per heavy atom. The van der Waals surface area contributed by atoms with E-state index in [1.54, 1.807) is 7.11 Å². The zero-order valence-corrected chi connectivity index (χ0v) is 14.0. The Bertz CT molecular complexity index is 423. The third-order valence-electron chi connectivity index (χ3n) is 4.35. The largest absolute Gasteiger partial charge is 0.383 e. The molecule has 1 unspecified atom stereocenters. The van der Waals surface area contributed by atoms with Gasteiger partial charge >= 0.3 is 0 Å². The van der Waals surface area contributed by atoms with E-state index in [1.165, 1.54) is 29.5 Å². The van der Waals surface area contributed by atoms with Crippen molar-refractivity contribution in [3.8, 4) is 0 Å². The van der Waals surface area contributed by atoms with Crippen molar-refractivity contribution in [1.29, 1.82) is 0 Å². The second-order valence-corrected chi connectivity index (χ2v) is 6.31. The lowest BCUT2D eigenvalue weighted by molar-refractivity contribution is 0.140. The van der Waals surface area contributed by atoms with Gasteiger partial charge in [0, 0.05) is 32.3 Å². The number of benzene rings is 1. The van der Waals surface area contributed by atoms with Crippen LogP contribution < -0.4 is 5.32 Å². The predicted molar refractivity (Wildman–Crippen MR) is 88.8 cm³/mol. The Morgan fingerprint density at radius 1 is 1.19 bits per heavy atom. The maximum atomic E-state index is 5.24. The molecule has 0 saturated heterocycles. The van der Waals surface area contributed by atoms with Gasteiger partial charge in [-0.2, -0.15) is 0 Å². The van der Waals surface area contributed by atoms with Crippen molar-refractivity contribution in [2.45, 2.75) is 45.2 Å². The molecule has 0 aliphatic heterocycles. The summed E-state index contributed by atoms with van der Waals surface area (Å²) >= 11 is 0. The molecule has 1 aromatic carbocycles. The predicted octanol–water partition coefficient (Wildman–Crippen LogP) is 3.06. The van der Waals surface area contributed by atoms with Crippen LogP contribution in [0.5, 0.6) is 0 Å². The molecule has 1 aromatic rings. The molecule has 3 heteroatoms. The number of nitrogens with one attached hydrogen (secondary N) is 1. The standard InChI is InChI=1S/C18H30N2O/c1-14-11-15(2)13-16(12-14)18(19-3)7-8-20(9-10-21-4)17-5-6-17/h11-13,17-19H,5-10H2,1-4H3. The van der Waals surface area contributed by atoms with Gasteiger partial charge in [-0.3, -0.25) is 4.90 Å². The molecule has 2 rings (SSSR count). The molecule has 21 heavy (non-hydrogen) atoms. The number of aryl methyl sites for hydroxylation is 2. The van der Waals surface area contributed by atoms with Gasteiger partial charge < -0.3 is 10.1 Å². The Morgan fingerprint density at radius 2 is 1.86 bits per heavy atom. The van der Waals surface area contributed by atoms with Gasteiger partial charge in [0.1, 0.15) is 0 Å². The van der Waals surface area contributed by atoms with Gasteiger partial charge in [-0.25, -0.2) is 0 Å². The van der Waals surface area contributed by atoms with Gasteiger partial charge in [-0.05, 0) is 45.7 Å². The maximum Gasteiger partial charge on any atom is 0.0589 e. The minimum Gasteiger partial charge on any atom is -0.383 e. The number of hydrogen-bond acceptors (Lipinski definition) is 3. The van der Waals surface area contributed by atoms with Crippen LogP contribution in [0.1, 0.15) is 42.0 Å². The number of rotatable bonds is 9. The second kappa shape index (κ2) is 7.92. The van der Waals surface area contributed by atoms with E-state index >= 15 is 0 Å². The lowest BCUT2D eigenvalue weighted by Gasteiger charge is -2.25. The Hall–Kier alpha value is -0.900. The third kappa shape index (κ3) is 5.10. The molecule has 0 heterocycles. The van der Waals surface area contributed by atoms with Crippen LogP contribution in [0.2, 0.25) is 0 Å². The summed E-state index contributed by atoms with van der Waals surface area (Å²) in [5.74, 6) is 0. The fourth-order valence-corrected chi connectivity index (χ4v) is 3.11. The minimum atomic E-state index is 0.437. The van der Waals surface area contributed by atoms with Gasteiger partial charge in [0.25, 0.3) is 0 Å². The van der Waals surface area contributed by atoms with Crippen molar-refractivity contribution in [3.05, 3.63) is 34.9 Å². The fourth-order valence-electron chi connectivity index (χ4n) is 3.11. The monoisotopic (exact) mass is 290 g/mol. The first-order chi connectivity index (χ1) is 10.1. The zero-order valence-electron chi connectivity index (χ0n) is 14.0. The first-order valence-corrected chi connectivity index (χ1v) is 8.12. The molecule has 1 aliphatic rings. The van der Waals surface area contributed by atoms with Crippen molar-refractivity contribution in [2.75, 3.05) is 33.9 Å². The summed E-state index contributed by atoms with van der Waals surface area (Å²) in [7, 11) is 3.86. The molecule has 1 fully saturated rings. The highest BCUT2D eigenvalue weighted by Crippen LogP contribution is 2.28. The smallest absolute Gasteiger partial charge is 0.0589 e. The van der Waals surface area contributed by atoms with Crippen molar-refractivity contribution in [2.24, 2.45) is 0 Å². The van der Waals surface area contributed by atoms with Gasteiger partial charge in [-0.1, -0.05) is 29.3 Å². The van der Waals surface area contributed by atoms with Gasteiger partial charge in [0.2, 0.25) is 0 Å². The number of hydrogen-bond donors (Lipinski definition) is 1. The summed E-state index contributed by atoms with van der Waals surface area (Å²) in [5, 5.41) is 3.49. The van der Waals surface area contributed by atoms with E-state index in [-0.39, 0.29) is 0 Å². The summed E-state index contributed by atoms with van der Waals surface area (Å²) in [6.07, 6.45) is 3.87. The van der Waals surface area contributed by atoms with Crippen LogP contribution in [0.3, 0.4) is 0 Å². The average molecular weight is 290 g/mol. The normalized spacial score (nSPS) is 16.4. The van der Waals surface area contributed by atoms with Crippen molar-refractivity contribution in [3.63, 3.8) is 0 Å². The molecule has 1 N–H and O–H groups in total. The van der Waals surface area contributed by atoms with Gasteiger partial charge in [0.05, 0.1) is 6.61 Å². The SMILES string of the molecule is CNC(CCN(CCOC)C1CC1)c1cc(C)cc(C)c1. The lowest BCUT2D eigenvalue weighted by Crippen LogP contribution is -2.33. The molecule has 0 amide bonds. The van der Waals surface area contributed by atoms with Gasteiger partial charge in [-0.15, -0.1) is 0 Å². The molecule has 0 aromatic heterocycles. The molecule has 0 spiro atoms. The highest BCUT2D eigenvalue weighted by molar-refractivity contribution is 5.30. The lowest BCUT2D eigenvalue weighted by atomic mass is 9.99. The van der Waals surface area contributed by atoms with E-state index in [0.29, 0.717) is 6.04 Å². The molecular formula is C18H30N2O. The Kier molecular flexibility index (Phi) is 6.22. The minimum absolute atomic E-state index is 0.437.